The van der Waals surface area contributed by atoms with Crippen LogP contribution < -0.4 is 0 Å². The van der Waals surface area contributed by atoms with Crippen molar-refractivity contribution in [3.8, 4) is 0 Å². The quantitative estimate of drug-likeness (QED) is 0.132. The number of hydrogen-bond acceptors (Lipinski definition) is 10. The normalized spacial score (nSPS) is 33.9. The molecule has 0 amide bonds. The first-order chi connectivity index (χ1) is 9.92. The molecule has 1 aliphatic rings. The van der Waals surface area contributed by atoms with Gasteiger partial charge in [0, 0.05) is 12.5 Å². The van der Waals surface area contributed by atoms with Crippen LogP contribution in [0, 0.1) is 11.8 Å². The SMILES string of the molecule is CC(O)[C@H](OSOOO)[C@H](O)CC1CC(O)[C@@H](O)[C@H]1CO. The Labute approximate surface area is 126 Å². The predicted molar refractivity (Wildman–Crippen MR) is 70.3 cm³/mol. The van der Waals surface area contributed by atoms with Crippen molar-refractivity contribution in [3.63, 3.8) is 0 Å². The lowest BCUT2D eigenvalue weighted by Gasteiger charge is -2.28. The Morgan fingerprint density at radius 3 is 2.48 bits per heavy atom. The summed E-state index contributed by atoms with van der Waals surface area (Å²) >= 11 is 0.243. The van der Waals surface area contributed by atoms with Gasteiger partial charge in [0.2, 0.25) is 0 Å². The molecule has 126 valence electrons. The van der Waals surface area contributed by atoms with Gasteiger partial charge in [0.15, 0.2) is 12.3 Å². The molecule has 0 radical (unpaired) electrons. The highest BCUT2D eigenvalue weighted by atomic mass is 32.2. The van der Waals surface area contributed by atoms with Gasteiger partial charge in [0.05, 0.1) is 24.4 Å². The summed E-state index contributed by atoms with van der Waals surface area (Å²) in [5, 5.41) is 59.6. The molecule has 0 spiro atoms. The second-order valence-electron chi connectivity index (χ2n) is 5.22. The summed E-state index contributed by atoms with van der Waals surface area (Å²) in [6, 6.07) is 0. The van der Waals surface area contributed by atoms with Crippen molar-refractivity contribution in [2.45, 2.75) is 50.3 Å². The van der Waals surface area contributed by atoms with E-state index >= 15 is 0 Å². The van der Waals surface area contributed by atoms with Crippen LogP contribution in [-0.4, -0.2) is 67.9 Å². The lowest BCUT2D eigenvalue weighted by molar-refractivity contribution is -0.434. The van der Waals surface area contributed by atoms with Gasteiger partial charge in [-0.15, -0.1) is 4.33 Å². The third kappa shape index (κ3) is 5.28. The fraction of sp³-hybridized carbons (Fsp3) is 1.00. The van der Waals surface area contributed by atoms with Gasteiger partial charge in [-0.3, -0.25) is 4.18 Å². The monoisotopic (exact) mass is 330 g/mol. The van der Waals surface area contributed by atoms with Gasteiger partial charge in [-0.2, -0.15) is 0 Å². The van der Waals surface area contributed by atoms with Crippen LogP contribution in [0.3, 0.4) is 0 Å². The minimum absolute atomic E-state index is 0.107. The molecule has 3 unspecified atom stereocenters. The van der Waals surface area contributed by atoms with E-state index in [0.29, 0.717) is 0 Å². The molecule has 6 N–H and O–H groups in total. The molecule has 0 aliphatic heterocycles. The molecule has 9 nitrogen and oxygen atoms in total. The molecule has 1 saturated carbocycles. The molecule has 0 aromatic rings. The average molecular weight is 330 g/mol. The molecule has 21 heavy (non-hydrogen) atoms. The van der Waals surface area contributed by atoms with E-state index in [1.807, 2.05) is 0 Å². The van der Waals surface area contributed by atoms with Gasteiger partial charge in [-0.1, -0.05) is 5.04 Å². The maximum absolute atomic E-state index is 10.1. The van der Waals surface area contributed by atoms with Crippen LogP contribution in [0.1, 0.15) is 19.8 Å². The Kier molecular flexibility index (Phi) is 8.34. The Bertz CT molecular complexity index is 293. The second-order valence-corrected chi connectivity index (χ2v) is 5.68. The Morgan fingerprint density at radius 1 is 1.29 bits per heavy atom. The summed E-state index contributed by atoms with van der Waals surface area (Å²) in [5.41, 5.74) is 0. The number of aliphatic hydroxyl groups is 5. The van der Waals surface area contributed by atoms with E-state index in [1.54, 1.807) is 0 Å². The molecule has 1 rings (SSSR count). The smallest absolute Gasteiger partial charge is 0.198 e. The largest absolute Gasteiger partial charge is 0.396 e. The van der Waals surface area contributed by atoms with Crippen LogP contribution in [0.25, 0.3) is 0 Å². The van der Waals surface area contributed by atoms with Gasteiger partial charge in [-0.25, -0.2) is 5.26 Å². The van der Waals surface area contributed by atoms with Crippen LogP contribution in [0.2, 0.25) is 0 Å². The molecule has 0 aromatic carbocycles. The van der Waals surface area contributed by atoms with Gasteiger partial charge in [-0.05, 0) is 25.7 Å². The minimum Gasteiger partial charge on any atom is -0.396 e. The average Bonchev–Trinajstić information content (AvgIpc) is 2.68. The second kappa shape index (κ2) is 9.20. The first kappa shape index (κ1) is 19.0. The highest BCUT2D eigenvalue weighted by molar-refractivity contribution is 7.89. The van der Waals surface area contributed by atoms with Gasteiger partial charge in [0.1, 0.15) is 6.10 Å². The fourth-order valence-corrected chi connectivity index (χ4v) is 3.14. The molecule has 0 heterocycles. The lowest BCUT2D eigenvalue weighted by atomic mass is 9.88. The lowest BCUT2D eigenvalue weighted by Crippen LogP contribution is -2.39. The van der Waals surface area contributed by atoms with Crippen LogP contribution >= 0.6 is 12.3 Å². The van der Waals surface area contributed by atoms with E-state index in [0.717, 1.165) is 0 Å². The van der Waals surface area contributed by atoms with E-state index in [1.165, 1.54) is 6.92 Å². The van der Waals surface area contributed by atoms with Crippen molar-refractivity contribution in [2.24, 2.45) is 11.8 Å². The number of hydrogen-bond donors (Lipinski definition) is 6. The zero-order valence-corrected chi connectivity index (χ0v) is 12.3. The van der Waals surface area contributed by atoms with Crippen molar-refractivity contribution in [3.05, 3.63) is 0 Å². The molecule has 0 bridgehead atoms. The highest BCUT2D eigenvalue weighted by Gasteiger charge is 2.43. The van der Waals surface area contributed by atoms with Crippen LogP contribution in [0.15, 0.2) is 0 Å². The van der Waals surface area contributed by atoms with Crippen molar-refractivity contribution in [2.75, 3.05) is 6.61 Å². The molecular weight excluding hydrogens is 308 g/mol. The van der Waals surface area contributed by atoms with Gasteiger partial charge in [0.25, 0.3) is 0 Å². The number of rotatable bonds is 9. The summed E-state index contributed by atoms with van der Waals surface area (Å²) < 4.78 is 8.98. The van der Waals surface area contributed by atoms with E-state index in [4.69, 9.17) is 9.44 Å². The summed E-state index contributed by atoms with van der Waals surface area (Å²) in [5.74, 6) is -0.867. The fourth-order valence-electron chi connectivity index (χ4n) is 2.70. The van der Waals surface area contributed by atoms with Crippen LogP contribution in [0.4, 0.5) is 0 Å². The Morgan fingerprint density at radius 2 is 1.95 bits per heavy atom. The minimum atomic E-state index is -1.13. The Hall–Kier alpha value is -0.0100. The summed E-state index contributed by atoms with van der Waals surface area (Å²) in [6.45, 7) is 1.09. The van der Waals surface area contributed by atoms with E-state index < -0.39 is 36.4 Å². The van der Waals surface area contributed by atoms with Crippen molar-refractivity contribution < 1.29 is 44.3 Å². The predicted octanol–water partition coefficient (Wildman–Crippen LogP) is -1.16. The van der Waals surface area contributed by atoms with Crippen LogP contribution in [0.5, 0.6) is 0 Å². The maximum atomic E-state index is 10.1. The summed E-state index contributed by atoms with van der Waals surface area (Å²) in [6.07, 6.45) is -4.87. The van der Waals surface area contributed by atoms with Crippen LogP contribution in [-0.2, 0) is 13.6 Å². The third-order valence-electron chi connectivity index (χ3n) is 3.80. The molecular formula is C11H22O9S. The third-order valence-corrected chi connectivity index (χ3v) is 4.22. The van der Waals surface area contributed by atoms with Gasteiger partial charge < -0.3 is 25.5 Å². The topological polar surface area (TPSA) is 149 Å². The zero-order chi connectivity index (χ0) is 16.0. The Balaban J connectivity index is 2.57. The first-order valence-electron chi connectivity index (χ1n) is 6.55. The summed E-state index contributed by atoms with van der Waals surface area (Å²) in [4.78, 5) is 0. The molecule has 0 saturated heterocycles. The number of aliphatic hydroxyl groups excluding tert-OH is 5. The molecule has 7 atom stereocenters. The van der Waals surface area contributed by atoms with Gasteiger partial charge >= 0.3 is 0 Å². The van der Waals surface area contributed by atoms with Crippen molar-refractivity contribution in [1.29, 1.82) is 0 Å². The highest BCUT2D eigenvalue weighted by Crippen LogP contribution is 2.36. The molecule has 0 aromatic heterocycles. The van der Waals surface area contributed by atoms with E-state index in [9.17, 15) is 25.5 Å². The van der Waals surface area contributed by atoms with Crippen molar-refractivity contribution >= 4 is 12.3 Å². The standard InChI is InChI=1S/C11H22O9S/c1-5(13)11(18-21-20-19-17)9(15)3-6-2-8(14)10(16)7(6)4-12/h5-17H,2-4H2,1H3/t5?,6?,7-,8?,9+,10-,11-/m0/s1. The zero-order valence-electron chi connectivity index (χ0n) is 11.5. The summed E-state index contributed by atoms with van der Waals surface area (Å²) in [7, 11) is 0. The molecule has 1 fully saturated rings. The first-order valence-corrected chi connectivity index (χ1v) is 7.22. The van der Waals surface area contributed by atoms with Crippen molar-refractivity contribution in [1.82, 2.24) is 0 Å². The van der Waals surface area contributed by atoms with E-state index in [2.05, 4.69) is 9.37 Å². The maximum Gasteiger partial charge on any atom is 0.198 e. The van der Waals surface area contributed by atoms with E-state index in [-0.39, 0.29) is 37.7 Å². The molecule has 10 heteroatoms. The molecule has 1 aliphatic carbocycles.